The summed E-state index contributed by atoms with van der Waals surface area (Å²) in [4.78, 5) is 2.56. The predicted octanol–water partition coefficient (Wildman–Crippen LogP) is -1.97. The Bertz CT molecular complexity index is 221. The van der Waals surface area contributed by atoms with Crippen molar-refractivity contribution in [1.82, 2.24) is 4.90 Å². The van der Waals surface area contributed by atoms with Crippen molar-refractivity contribution in [3.05, 3.63) is 11.8 Å². The molecule has 2 aliphatic heterocycles. The second-order valence-corrected chi connectivity index (χ2v) is 4.47. The van der Waals surface area contributed by atoms with Gasteiger partial charge in [0.15, 0.2) is 0 Å². The van der Waals surface area contributed by atoms with E-state index in [2.05, 4.69) is 11.0 Å². The Balaban J connectivity index is 0.000000195. The molecule has 0 spiro atoms. The highest BCUT2D eigenvalue weighted by molar-refractivity contribution is 5.06. The van der Waals surface area contributed by atoms with Crippen LogP contribution in [0.2, 0.25) is 0 Å². The van der Waals surface area contributed by atoms with Crippen molar-refractivity contribution in [1.29, 1.82) is 0 Å². The van der Waals surface area contributed by atoms with Crippen LogP contribution in [0.3, 0.4) is 0 Å². The van der Waals surface area contributed by atoms with Crippen LogP contribution >= 0.6 is 0 Å². The Morgan fingerprint density at radius 2 is 1.73 bits per heavy atom. The zero-order valence-corrected chi connectivity index (χ0v) is 9.28. The fourth-order valence-corrected chi connectivity index (χ4v) is 1.95. The molecule has 0 aromatic rings. The zero-order valence-electron chi connectivity index (χ0n) is 8.52. The molecule has 5 nitrogen and oxygen atoms in total. The van der Waals surface area contributed by atoms with Gasteiger partial charge in [0.25, 0.3) is 0 Å². The van der Waals surface area contributed by atoms with E-state index in [0.717, 1.165) is 0 Å². The van der Waals surface area contributed by atoms with E-state index in [0.29, 0.717) is 0 Å². The number of hydrogen-bond donors (Lipinski definition) is 1. The molecule has 0 aromatic carbocycles. The summed E-state index contributed by atoms with van der Waals surface area (Å²) in [7, 11) is -4.69. The average molecular weight is 238 g/mol. The van der Waals surface area contributed by atoms with Crippen LogP contribution in [0, 0.1) is 10.2 Å². The topological polar surface area (TPSA) is 92.7 Å². The maximum absolute atomic E-state index is 8.60. The minimum atomic E-state index is -4.69. The van der Waals surface area contributed by atoms with Gasteiger partial charge in [-0.1, -0.05) is 6.08 Å². The second kappa shape index (κ2) is 5.67. The van der Waals surface area contributed by atoms with Crippen LogP contribution in [0.5, 0.6) is 0 Å². The number of allylic oxidation sites excluding steroid dienone is 2. The average Bonchev–Trinajstić information content (AvgIpc) is 2.16. The van der Waals surface area contributed by atoms with Crippen molar-refractivity contribution in [2.24, 2.45) is 0 Å². The molecule has 0 aliphatic carbocycles. The van der Waals surface area contributed by atoms with Gasteiger partial charge >= 0.3 is 0 Å². The van der Waals surface area contributed by atoms with Gasteiger partial charge in [-0.3, -0.25) is 0 Å². The highest BCUT2D eigenvalue weighted by Gasteiger charge is 2.16. The monoisotopic (exact) mass is 237 g/mol. The van der Waals surface area contributed by atoms with Crippen LogP contribution in [0.15, 0.2) is 11.8 Å². The molecular weight excluding hydrogens is 222 g/mol. The van der Waals surface area contributed by atoms with Gasteiger partial charge in [-0.25, -0.2) is 0 Å². The zero-order chi connectivity index (χ0) is 11.3. The fraction of sp³-hybridized carbons (Fsp3) is 0.778. The molecule has 1 fully saturated rings. The Morgan fingerprint density at radius 3 is 2.33 bits per heavy atom. The molecule has 2 rings (SSSR count). The SMILES string of the molecule is C1=C2CCCCN2CCC1.[O-][Cl+3]([O-])([O-])O. The van der Waals surface area contributed by atoms with E-state index in [-0.39, 0.29) is 0 Å². The van der Waals surface area contributed by atoms with Gasteiger partial charge < -0.3 is 4.90 Å². The third-order valence-electron chi connectivity index (χ3n) is 2.53. The first-order valence-electron chi connectivity index (χ1n) is 5.04. The van der Waals surface area contributed by atoms with E-state index >= 15 is 0 Å². The number of halogens is 1. The summed E-state index contributed by atoms with van der Waals surface area (Å²) in [6.07, 6.45) is 9.32. The number of rotatable bonds is 0. The molecule has 0 amide bonds. The van der Waals surface area contributed by atoms with E-state index in [1.54, 1.807) is 5.70 Å². The normalized spacial score (nSPS) is 21.1. The van der Waals surface area contributed by atoms with Gasteiger partial charge in [0.05, 0.1) is 14.9 Å². The molecule has 0 radical (unpaired) electrons. The first-order valence-corrected chi connectivity index (χ1v) is 6.30. The Hall–Kier alpha value is -0.330. The smallest absolute Gasteiger partial charge is 0.0777 e. The van der Waals surface area contributed by atoms with Crippen molar-refractivity contribution in [2.75, 3.05) is 13.1 Å². The summed E-state index contributed by atoms with van der Waals surface area (Å²) in [5.74, 6) is 0. The van der Waals surface area contributed by atoms with Crippen molar-refractivity contribution in [3.63, 3.8) is 0 Å². The molecule has 1 saturated heterocycles. The van der Waals surface area contributed by atoms with Crippen molar-refractivity contribution >= 4 is 0 Å². The van der Waals surface area contributed by atoms with Crippen LogP contribution in [-0.4, -0.2) is 22.6 Å². The summed E-state index contributed by atoms with van der Waals surface area (Å²) >= 11 is 0. The lowest BCUT2D eigenvalue weighted by atomic mass is 10.0. The largest absolute Gasteiger partial charge is 0.375 e. The molecule has 0 bridgehead atoms. The minimum absolute atomic E-state index is 1.33. The van der Waals surface area contributed by atoms with E-state index in [4.69, 9.17) is 18.6 Å². The third-order valence-corrected chi connectivity index (χ3v) is 2.53. The summed E-state index contributed by atoms with van der Waals surface area (Å²) in [5, 5.41) is 0. The summed E-state index contributed by atoms with van der Waals surface area (Å²) in [5.41, 5.74) is 1.64. The second-order valence-electron chi connectivity index (χ2n) is 3.68. The van der Waals surface area contributed by atoms with Crippen molar-refractivity contribution in [3.8, 4) is 0 Å². The van der Waals surface area contributed by atoms with Gasteiger partial charge in [0.2, 0.25) is 0 Å². The molecule has 88 valence electrons. The van der Waals surface area contributed by atoms with Gasteiger partial charge in [-0.15, -0.1) is 0 Å². The van der Waals surface area contributed by atoms with Gasteiger partial charge in [0, 0.05) is 18.8 Å². The van der Waals surface area contributed by atoms with Crippen LogP contribution < -0.4 is 14.0 Å². The van der Waals surface area contributed by atoms with Gasteiger partial charge in [0.1, 0.15) is 0 Å². The minimum Gasteiger partial charge on any atom is -0.375 e. The molecule has 0 aromatic heterocycles. The summed E-state index contributed by atoms with van der Waals surface area (Å²) in [6.45, 7) is 2.65. The molecular formula is C9H16ClNO4. The molecule has 6 heteroatoms. The first kappa shape index (κ1) is 12.7. The standard InChI is InChI=1S/C9H15N.ClHO4/c1-3-7-10-8-4-2-6-9(10)5-1;2-1(3,4)5/h5H,1-4,6-8H2;(H,2,3,4,5). The molecule has 0 unspecified atom stereocenters. The van der Waals surface area contributed by atoms with E-state index in [1.807, 2.05) is 0 Å². The van der Waals surface area contributed by atoms with Crippen LogP contribution in [0.4, 0.5) is 0 Å². The van der Waals surface area contributed by atoms with E-state index < -0.39 is 10.2 Å². The van der Waals surface area contributed by atoms with E-state index in [1.165, 1.54) is 45.2 Å². The Morgan fingerprint density at radius 1 is 1.13 bits per heavy atom. The Labute approximate surface area is 91.4 Å². The quantitative estimate of drug-likeness (QED) is 0.527. The highest BCUT2D eigenvalue weighted by atomic mass is 35.7. The lowest BCUT2D eigenvalue weighted by molar-refractivity contribution is -1.92. The molecule has 0 atom stereocenters. The lowest BCUT2D eigenvalue weighted by Gasteiger charge is -2.34. The van der Waals surface area contributed by atoms with E-state index in [9.17, 15) is 0 Å². The maximum atomic E-state index is 8.60. The first-order chi connectivity index (χ1) is 6.97. The van der Waals surface area contributed by atoms with Crippen LogP contribution in [0.25, 0.3) is 0 Å². The fourth-order valence-electron chi connectivity index (χ4n) is 1.95. The number of nitrogens with zero attached hydrogens (tertiary/aromatic N) is 1. The number of piperidine rings is 1. The predicted molar refractivity (Wildman–Crippen MR) is 45.0 cm³/mol. The molecule has 0 saturated carbocycles. The van der Waals surface area contributed by atoms with Crippen molar-refractivity contribution in [2.45, 2.75) is 32.1 Å². The van der Waals surface area contributed by atoms with Gasteiger partial charge in [-0.2, -0.15) is 14.0 Å². The molecule has 2 heterocycles. The maximum Gasteiger partial charge on any atom is 0.0777 e. The number of fused-ring (bicyclic) bond motifs is 1. The van der Waals surface area contributed by atoms with Crippen LogP contribution in [0.1, 0.15) is 32.1 Å². The van der Waals surface area contributed by atoms with Gasteiger partial charge in [-0.05, 0) is 32.1 Å². The molecule has 2 aliphatic rings. The molecule has 1 N–H and O–H groups in total. The van der Waals surface area contributed by atoms with Crippen LogP contribution in [-0.2, 0) is 0 Å². The molecule has 15 heavy (non-hydrogen) atoms. The Kier molecular flexibility index (Phi) is 4.82. The van der Waals surface area contributed by atoms with Crippen molar-refractivity contribution < 1.29 is 28.9 Å². The highest BCUT2D eigenvalue weighted by Crippen LogP contribution is 2.24. The summed E-state index contributed by atoms with van der Waals surface area (Å²) < 4.78 is 32.7. The lowest BCUT2D eigenvalue weighted by Crippen LogP contribution is -2.58. The number of hydrogen-bond acceptors (Lipinski definition) is 5. The summed E-state index contributed by atoms with van der Waals surface area (Å²) in [6, 6.07) is 0. The third kappa shape index (κ3) is 5.96.